The Morgan fingerprint density at radius 1 is 1.25 bits per heavy atom. The lowest BCUT2D eigenvalue weighted by Crippen LogP contribution is -1.92. The first-order valence-electron chi connectivity index (χ1n) is 5.85. The minimum Gasteiger partial charge on any atom is -0.331 e. The molecule has 0 amide bonds. The molecule has 0 aromatic rings. The van der Waals surface area contributed by atoms with Crippen molar-refractivity contribution in [2.24, 2.45) is 0 Å². The number of terminal acetylenes is 1. The molecule has 0 spiro atoms. The van der Waals surface area contributed by atoms with Crippen LogP contribution in [0.4, 0.5) is 0 Å². The van der Waals surface area contributed by atoms with Gasteiger partial charge in [0.1, 0.15) is 0 Å². The highest BCUT2D eigenvalue weighted by Gasteiger charge is 2.16. The lowest BCUT2D eigenvalue weighted by atomic mass is 10.3. The van der Waals surface area contributed by atoms with Crippen LogP contribution in [0.25, 0.3) is 0 Å². The van der Waals surface area contributed by atoms with Crippen molar-refractivity contribution in [1.29, 1.82) is 0 Å². The van der Waals surface area contributed by atoms with E-state index in [4.69, 9.17) is 10.9 Å². The van der Waals surface area contributed by atoms with Crippen molar-refractivity contribution in [2.75, 3.05) is 26.5 Å². The summed E-state index contributed by atoms with van der Waals surface area (Å²) in [7, 11) is -1.70. The van der Waals surface area contributed by atoms with Gasteiger partial charge in [-0.05, 0) is 5.66 Å². The molecule has 1 atom stereocenters. The van der Waals surface area contributed by atoms with Gasteiger partial charge < -0.3 is 9.05 Å². The predicted molar refractivity (Wildman–Crippen MR) is 86.6 cm³/mol. The largest absolute Gasteiger partial charge is 0.331 e. The lowest BCUT2D eigenvalue weighted by Gasteiger charge is -2.10. The van der Waals surface area contributed by atoms with E-state index < -0.39 is 15.4 Å². The maximum absolute atomic E-state index is 11.4. The second-order valence-electron chi connectivity index (χ2n) is 3.44. The van der Waals surface area contributed by atoms with E-state index in [2.05, 4.69) is 35.2 Å². The van der Waals surface area contributed by atoms with E-state index in [1.165, 1.54) is 14.2 Å². The first-order chi connectivity index (χ1) is 9.49. The van der Waals surface area contributed by atoms with Crippen molar-refractivity contribution in [3.05, 3.63) is 25.3 Å². The predicted octanol–water partition coefficient (Wildman–Crippen LogP) is 3.76. The van der Waals surface area contributed by atoms with Gasteiger partial charge in [0.2, 0.25) is 7.37 Å². The Labute approximate surface area is 123 Å². The molecular weight excluding hydrogens is 294 g/mol. The maximum atomic E-state index is 11.4. The summed E-state index contributed by atoms with van der Waals surface area (Å²) in [6, 6.07) is 0. The average Bonchev–Trinajstić information content (AvgIpc) is 2.44. The summed E-state index contributed by atoms with van der Waals surface area (Å²) in [5.41, 5.74) is 2.45. The minimum absolute atomic E-state index is 0.426. The molecule has 0 rings (SSSR count). The first-order valence-corrected chi connectivity index (χ1v) is 9.16. The van der Waals surface area contributed by atoms with Crippen LogP contribution in [-0.4, -0.2) is 26.5 Å². The highest BCUT2D eigenvalue weighted by molar-refractivity contribution is 7.59. The van der Waals surface area contributed by atoms with E-state index in [9.17, 15) is 9.13 Å². The van der Waals surface area contributed by atoms with Crippen LogP contribution in [0.3, 0.4) is 0 Å². The van der Waals surface area contributed by atoms with Gasteiger partial charge in [-0.3, -0.25) is 9.13 Å². The molecule has 4 nitrogen and oxygen atoms in total. The zero-order valence-corrected chi connectivity index (χ0v) is 13.9. The number of hydrogen-bond acceptors (Lipinski definition) is 4. The molecular formula is C14H22O4P2. The van der Waals surface area contributed by atoms with Crippen LogP contribution >= 0.6 is 15.4 Å². The Bertz CT molecular complexity index is 438. The molecule has 0 aromatic carbocycles. The minimum atomic E-state index is -2.44. The topological polar surface area (TPSA) is 52.6 Å². The molecule has 0 aliphatic heterocycles. The molecule has 0 aliphatic carbocycles. The molecule has 0 saturated carbocycles. The quantitative estimate of drug-likeness (QED) is 0.310. The van der Waals surface area contributed by atoms with Crippen LogP contribution in [0.1, 0.15) is 12.8 Å². The normalized spacial score (nSPS) is 10.8. The summed E-state index contributed by atoms with van der Waals surface area (Å²) in [5, 5.41) is 0. The molecule has 0 saturated heterocycles. The summed E-state index contributed by atoms with van der Waals surface area (Å²) in [6.45, 7) is 6.98. The Hall–Kier alpha value is -1.02. The number of hydrogen-bond donors (Lipinski definition) is 0. The van der Waals surface area contributed by atoms with Gasteiger partial charge in [0.25, 0.3) is 8.03 Å². The second kappa shape index (κ2) is 14.4. The number of unbranched alkanes of at least 4 members (excludes halogenated alkanes) is 1. The summed E-state index contributed by atoms with van der Waals surface area (Å²) >= 11 is 0. The third-order valence-electron chi connectivity index (χ3n) is 1.92. The van der Waals surface area contributed by atoms with Gasteiger partial charge >= 0.3 is 0 Å². The number of rotatable bonds is 7. The summed E-state index contributed by atoms with van der Waals surface area (Å²) in [5.74, 6) is 5.08. The monoisotopic (exact) mass is 316 g/mol. The van der Waals surface area contributed by atoms with Crippen molar-refractivity contribution < 1.29 is 18.2 Å². The Balaban J connectivity index is 0. The molecule has 0 radical (unpaired) electrons. The molecule has 6 heteroatoms. The number of allylic oxidation sites excluding steroid dienone is 2. The van der Waals surface area contributed by atoms with E-state index in [-0.39, 0.29) is 0 Å². The first kappa shape index (κ1) is 21.3. The van der Waals surface area contributed by atoms with Crippen molar-refractivity contribution in [3.63, 3.8) is 0 Å². The smallest absolute Gasteiger partial charge is 0.262 e. The molecule has 0 heterocycles. The zero-order chi connectivity index (χ0) is 15.9. The molecule has 20 heavy (non-hydrogen) atoms. The highest BCUT2D eigenvalue weighted by atomic mass is 31.2. The molecule has 0 bridgehead atoms. The average molecular weight is 316 g/mol. The standard InChI is InChI=1S/C7H13O2P.C7H9O2P/c1-4-6-10(8,9-3)7-5-2;1-3-4-5-6-7-10(8)9-2/h4-5H,1-2,6-7H2,3H3;1,10H,4-5H2,2H3. The maximum Gasteiger partial charge on any atom is 0.262 e. The summed E-state index contributed by atoms with van der Waals surface area (Å²) in [4.78, 5) is 0. The van der Waals surface area contributed by atoms with Gasteiger partial charge in [-0.25, -0.2) is 0 Å². The van der Waals surface area contributed by atoms with Gasteiger partial charge in [-0.15, -0.1) is 25.5 Å². The fraction of sp³-hybridized carbons (Fsp3) is 0.429. The Morgan fingerprint density at radius 3 is 2.15 bits per heavy atom. The van der Waals surface area contributed by atoms with E-state index in [0.29, 0.717) is 25.2 Å². The van der Waals surface area contributed by atoms with E-state index >= 15 is 0 Å². The van der Waals surface area contributed by atoms with Crippen LogP contribution in [-0.2, 0) is 18.2 Å². The zero-order valence-electron chi connectivity index (χ0n) is 12.1. The van der Waals surface area contributed by atoms with Crippen molar-refractivity contribution in [1.82, 2.24) is 0 Å². The summed E-state index contributed by atoms with van der Waals surface area (Å²) < 4.78 is 31.2. The van der Waals surface area contributed by atoms with Crippen molar-refractivity contribution in [3.8, 4) is 23.9 Å². The van der Waals surface area contributed by atoms with Gasteiger partial charge in [0.15, 0.2) is 0 Å². The Kier molecular flexibility index (Phi) is 15.3. The van der Waals surface area contributed by atoms with Crippen LogP contribution < -0.4 is 0 Å². The van der Waals surface area contributed by atoms with Crippen molar-refractivity contribution in [2.45, 2.75) is 12.8 Å². The fourth-order valence-electron chi connectivity index (χ4n) is 0.937. The molecule has 0 N–H and O–H groups in total. The molecule has 0 aromatic heterocycles. The molecule has 0 aliphatic rings. The van der Waals surface area contributed by atoms with E-state index in [0.717, 1.165) is 0 Å². The van der Waals surface area contributed by atoms with Crippen LogP contribution in [0.15, 0.2) is 25.3 Å². The lowest BCUT2D eigenvalue weighted by molar-refractivity contribution is 0.398. The SMILES string of the molecule is C#CCCC#C[PH](=O)OC.C=CCP(=O)(CC=C)OC. The second-order valence-corrected chi connectivity index (χ2v) is 7.39. The fourth-order valence-corrected chi connectivity index (χ4v) is 2.54. The van der Waals surface area contributed by atoms with Crippen LogP contribution in [0, 0.1) is 23.9 Å². The molecule has 0 fully saturated rings. The highest BCUT2D eigenvalue weighted by Crippen LogP contribution is 2.45. The Morgan fingerprint density at radius 2 is 1.80 bits per heavy atom. The third kappa shape index (κ3) is 13.4. The van der Waals surface area contributed by atoms with Crippen LogP contribution in [0.5, 0.6) is 0 Å². The van der Waals surface area contributed by atoms with Gasteiger partial charge in [0.05, 0.1) is 0 Å². The molecule has 112 valence electrons. The van der Waals surface area contributed by atoms with Crippen molar-refractivity contribution >= 4 is 15.4 Å². The van der Waals surface area contributed by atoms with E-state index in [1.54, 1.807) is 12.2 Å². The van der Waals surface area contributed by atoms with Gasteiger partial charge in [-0.1, -0.05) is 18.1 Å². The summed E-state index contributed by atoms with van der Waals surface area (Å²) in [6.07, 6.45) is 10.2. The van der Waals surface area contributed by atoms with Crippen LogP contribution in [0.2, 0.25) is 0 Å². The third-order valence-corrected chi connectivity index (χ3v) is 4.96. The van der Waals surface area contributed by atoms with E-state index in [1.807, 2.05) is 0 Å². The molecule has 1 unspecified atom stereocenters. The van der Waals surface area contributed by atoms with Gasteiger partial charge in [-0.2, -0.15) is 0 Å². The van der Waals surface area contributed by atoms with Gasteiger partial charge in [0, 0.05) is 39.4 Å².